The quantitative estimate of drug-likeness (QED) is 0.797. The lowest BCUT2D eigenvalue weighted by Gasteiger charge is -2.22. The van der Waals surface area contributed by atoms with Crippen LogP contribution in [0.3, 0.4) is 0 Å². The Morgan fingerprint density at radius 3 is 2.20 bits per heavy atom. The molecule has 1 rings (SSSR count). The fraction of sp³-hybridized carbons (Fsp3) is 0.611. The van der Waals surface area contributed by atoms with E-state index >= 15 is 0 Å². The number of hydrogen-bond donors (Lipinski definition) is 1. The van der Waals surface area contributed by atoms with Gasteiger partial charge >= 0.3 is 0 Å². The molecular weight excluding hydrogens is 246 g/mol. The van der Waals surface area contributed by atoms with Gasteiger partial charge in [0.1, 0.15) is 0 Å². The molecule has 0 radical (unpaired) electrons. The van der Waals surface area contributed by atoms with Crippen molar-refractivity contribution in [3.63, 3.8) is 0 Å². The molecule has 0 spiro atoms. The zero-order chi connectivity index (χ0) is 15.1. The third kappa shape index (κ3) is 6.74. The van der Waals surface area contributed by atoms with Crippen molar-refractivity contribution in [1.82, 2.24) is 5.32 Å². The SMILES string of the molecule is Cc1cccc(CC(=O)NC(CC(C)C)CC(C)C)c1. The summed E-state index contributed by atoms with van der Waals surface area (Å²) in [6.07, 6.45) is 2.59. The van der Waals surface area contributed by atoms with Gasteiger partial charge in [-0.3, -0.25) is 4.79 Å². The largest absolute Gasteiger partial charge is 0.353 e. The van der Waals surface area contributed by atoms with E-state index in [0.717, 1.165) is 18.4 Å². The number of rotatable bonds is 7. The summed E-state index contributed by atoms with van der Waals surface area (Å²) >= 11 is 0. The van der Waals surface area contributed by atoms with E-state index in [1.165, 1.54) is 5.56 Å². The zero-order valence-corrected chi connectivity index (χ0v) is 13.6. The van der Waals surface area contributed by atoms with Gasteiger partial charge in [0.2, 0.25) is 5.91 Å². The average Bonchev–Trinajstić information content (AvgIpc) is 2.26. The molecule has 0 atom stereocenters. The highest BCUT2D eigenvalue weighted by molar-refractivity contribution is 5.78. The minimum atomic E-state index is 0.141. The fourth-order valence-electron chi connectivity index (χ4n) is 2.64. The first-order chi connectivity index (χ1) is 9.36. The van der Waals surface area contributed by atoms with E-state index in [2.05, 4.69) is 52.1 Å². The van der Waals surface area contributed by atoms with E-state index in [1.807, 2.05) is 12.1 Å². The lowest BCUT2D eigenvalue weighted by Crippen LogP contribution is -2.37. The second-order valence-electron chi connectivity index (χ2n) is 6.69. The van der Waals surface area contributed by atoms with Crippen LogP contribution in [0.15, 0.2) is 24.3 Å². The summed E-state index contributed by atoms with van der Waals surface area (Å²) in [5.74, 6) is 1.36. The van der Waals surface area contributed by atoms with Gasteiger partial charge in [0.25, 0.3) is 0 Å². The highest BCUT2D eigenvalue weighted by atomic mass is 16.1. The molecule has 0 aromatic heterocycles. The second-order valence-corrected chi connectivity index (χ2v) is 6.69. The van der Waals surface area contributed by atoms with Crippen molar-refractivity contribution >= 4 is 5.91 Å². The number of aryl methyl sites for hydroxylation is 1. The summed E-state index contributed by atoms with van der Waals surface area (Å²) in [4.78, 5) is 12.2. The van der Waals surface area contributed by atoms with Gasteiger partial charge in [0.05, 0.1) is 6.42 Å². The number of carbonyl (C=O) groups excluding carboxylic acids is 1. The van der Waals surface area contributed by atoms with Gasteiger partial charge in [-0.05, 0) is 37.2 Å². The van der Waals surface area contributed by atoms with Crippen molar-refractivity contribution < 1.29 is 4.79 Å². The highest BCUT2D eigenvalue weighted by Gasteiger charge is 2.15. The van der Waals surface area contributed by atoms with E-state index in [4.69, 9.17) is 0 Å². The van der Waals surface area contributed by atoms with Crippen LogP contribution in [0.5, 0.6) is 0 Å². The molecule has 1 N–H and O–H groups in total. The van der Waals surface area contributed by atoms with Gasteiger partial charge in [0.15, 0.2) is 0 Å². The summed E-state index contributed by atoms with van der Waals surface area (Å²) < 4.78 is 0. The molecular formula is C18H29NO. The van der Waals surface area contributed by atoms with E-state index in [9.17, 15) is 4.79 Å². The predicted octanol–water partition coefficient (Wildman–Crippen LogP) is 4.11. The first-order valence-corrected chi connectivity index (χ1v) is 7.71. The van der Waals surface area contributed by atoms with Crippen LogP contribution in [0.2, 0.25) is 0 Å². The summed E-state index contributed by atoms with van der Waals surface area (Å²) in [6, 6.07) is 8.47. The van der Waals surface area contributed by atoms with Gasteiger partial charge in [0, 0.05) is 6.04 Å². The maximum atomic E-state index is 12.2. The van der Waals surface area contributed by atoms with Crippen molar-refractivity contribution in [2.45, 2.75) is 59.9 Å². The maximum Gasteiger partial charge on any atom is 0.224 e. The van der Waals surface area contributed by atoms with Crippen LogP contribution in [0.4, 0.5) is 0 Å². The van der Waals surface area contributed by atoms with Crippen LogP contribution in [0.25, 0.3) is 0 Å². The van der Waals surface area contributed by atoms with Gasteiger partial charge < -0.3 is 5.32 Å². The Morgan fingerprint density at radius 2 is 1.70 bits per heavy atom. The van der Waals surface area contributed by atoms with Crippen LogP contribution < -0.4 is 5.32 Å². The lowest BCUT2D eigenvalue weighted by atomic mass is 9.95. The van der Waals surface area contributed by atoms with Gasteiger partial charge in [-0.1, -0.05) is 57.5 Å². The van der Waals surface area contributed by atoms with Crippen molar-refractivity contribution in [2.75, 3.05) is 0 Å². The van der Waals surface area contributed by atoms with Crippen LogP contribution in [0.1, 0.15) is 51.7 Å². The lowest BCUT2D eigenvalue weighted by molar-refractivity contribution is -0.121. The van der Waals surface area contributed by atoms with Crippen LogP contribution in [-0.2, 0) is 11.2 Å². The molecule has 0 bridgehead atoms. The third-order valence-corrected chi connectivity index (χ3v) is 3.32. The molecule has 2 heteroatoms. The summed E-state index contributed by atoms with van der Waals surface area (Å²) in [7, 11) is 0. The predicted molar refractivity (Wildman–Crippen MR) is 85.7 cm³/mol. The highest BCUT2D eigenvalue weighted by Crippen LogP contribution is 2.14. The molecule has 112 valence electrons. The Kier molecular flexibility index (Phi) is 6.77. The first kappa shape index (κ1) is 16.7. The zero-order valence-electron chi connectivity index (χ0n) is 13.6. The van der Waals surface area contributed by atoms with Crippen molar-refractivity contribution in [3.05, 3.63) is 35.4 Å². The topological polar surface area (TPSA) is 29.1 Å². The number of benzene rings is 1. The number of hydrogen-bond acceptors (Lipinski definition) is 1. The molecule has 0 heterocycles. The molecule has 0 aliphatic rings. The Balaban J connectivity index is 2.56. The monoisotopic (exact) mass is 275 g/mol. The summed E-state index contributed by atoms with van der Waals surface area (Å²) in [6.45, 7) is 10.9. The molecule has 0 saturated heterocycles. The summed E-state index contributed by atoms with van der Waals surface area (Å²) in [5, 5.41) is 3.21. The Bertz CT molecular complexity index is 413. The molecule has 0 saturated carbocycles. The molecule has 0 aliphatic heterocycles. The maximum absolute atomic E-state index is 12.2. The Hall–Kier alpha value is -1.31. The molecule has 1 amide bonds. The Labute approximate surface area is 124 Å². The summed E-state index contributed by atoms with van der Waals surface area (Å²) in [5.41, 5.74) is 2.30. The molecule has 0 unspecified atom stereocenters. The van der Waals surface area contributed by atoms with Crippen LogP contribution in [0, 0.1) is 18.8 Å². The molecule has 1 aromatic rings. The molecule has 0 aliphatic carbocycles. The van der Waals surface area contributed by atoms with Crippen LogP contribution >= 0.6 is 0 Å². The minimum absolute atomic E-state index is 0.141. The Morgan fingerprint density at radius 1 is 1.10 bits per heavy atom. The van der Waals surface area contributed by atoms with Gasteiger partial charge in [-0.15, -0.1) is 0 Å². The van der Waals surface area contributed by atoms with E-state index < -0.39 is 0 Å². The fourth-order valence-corrected chi connectivity index (χ4v) is 2.64. The average molecular weight is 275 g/mol. The standard InChI is InChI=1S/C18H29NO/c1-13(2)9-17(10-14(3)4)19-18(20)12-16-8-6-7-15(5)11-16/h6-8,11,13-14,17H,9-10,12H2,1-5H3,(H,19,20). The van der Waals surface area contributed by atoms with E-state index in [0.29, 0.717) is 24.3 Å². The number of nitrogens with one attached hydrogen (secondary N) is 1. The smallest absolute Gasteiger partial charge is 0.224 e. The van der Waals surface area contributed by atoms with Crippen molar-refractivity contribution in [3.8, 4) is 0 Å². The van der Waals surface area contributed by atoms with Gasteiger partial charge in [-0.2, -0.15) is 0 Å². The second kappa shape index (κ2) is 8.08. The van der Waals surface area contributed by atoms with Crippen molar-refractivity contribution in [1.29, 1.82) is 0 Å². The van der Waals surface area contributed by atoms with E-state index in [-0.39, 0.29) is 5.91 Å². The van der Waals surface area contributed by atoms with E-state index in [1.54, 1.807) is 0 Å². The normalized spacial score (nSPS) is 11.4. The number of carbonyl (C=O) groups is 1. The molecule has 2 nitrogen and oxygen atoms in total. The van der Waals surface area contributed by atoms with Crippen molar-refractivity contribution in [2.24, 2.45) is 11.8 Å². The van der Waals surface area contributed by atoms with Gasteiger partial charge in [-0.25, -0.2) is 0 Å². The van der Waals surface area contributed by atoms with Crippen LogP contribution in [-0.4, -0.2) is 11.9 Å². The minimum Gasteiger partial charge on any atom is -0.353 e. The molecule has 20 heavy (non-hydrogen) atoms. The molecule has 0 fully saturated rings. The first-order valence-electron chi connectivity index (χ1n) is 7.71. The number of amides is 1. The molecule has 1 aromatic carbocycles. The third-order valence-electron chi connectivity index (χ3n) is 3.32.